The Kier molecular flexibility index (Phi) is 8.98. The average Bonchev–Trinajstić information content (AvgIpc) is 2.69. The molecule has 1 saturated carbocycles. The first kappa shape index (κ1) is 26.0. The summed E-state index contributed by atoms with van der Waals surface area (Å²) in [5.41, 5.74) is -0.818. The summed E-state index contributed by atoms with van der Waals surface area (Å²) in [6, 6.07) is 0. The highest BCUT2D eigenvalue weighted by Gasteiger charge is 2.55. The van der Waals surface area contributed by atoms with Crippen molar-refractivity contribution in [2.24, 2.45) is 11.3 Å². The first-order valence-electron chi connectivity index (χ1n) is 9.93. The van der Waals surface area contributed by atoms with E-state index in [2.05, 4.69) is 4.74 Å². The Morgan fingerprint density at radius 3 is 1.83 bits per heavy atom. The van der Waals surface area contributed by atoms with E-state index >= 15 is 0 Å². The molecule has 0 bridgehead atoms. The molecule has 0 unspecified atom stereocenters. The third-order valence-electron chi connectivity index (χ3n) is 5.26. The molecule has 0 aromatic carbocycles. The van der Waals surface area contributed by atoms with Gasteiger partial charge >= 0.3 is 23.8 Å². The third kappa shape index (κ3) is 7.05. The van der Waals surface area contributed by atoms with Crippen LogP contribution in [0, 0.1) is 11.3 Å². The molecule has 1 fully saturated rings. The molecule has 1 aliphatic rings. The zero-order valence-electron chi connectivity index (χ0n) is 17.4. The summed E-state index contributed by atoms with van der Waals surface area (Å²) in [4.78, 5) is 46.9. The second kappa shape index (κ2) is 10.3. The lowest BCUT2D eigenvalue weighted by atomic mass is 9.83. The van der Waals surface area contributed by atoms with Crippen LogP contribution in [0.3, 0.4) is 0 Å². The fourth-order valence-electron chi connectivity index (χ4n) is 2.88. The van der Waals surface area contributed by atoms with Gasteiger partial charge in [0.15, 0.2) is 0 Å². The zero-order chi connectivity index (χ0) is 23.2. The number of carbonyl (C=O) groups is 4. The lowest BCUT2D eigenvalue weighted by molar-refractivity contribution is -0.189. The minimum atomic E-state index is -4.70. The van der Waals surface area contributed by atoms with E-state index in [1.54, 1.807) is 20.8 Å². The first-order chi connectivity index (χ1) is 13.7. The van der Waals surface area contributed by atoms with Crippen molar-refractivity contribution in [2.75, 3.05) is 13.2 Å². The summed E-state index contributed by atoms with van der Waals surface area (Å²) in [6.45, 7) is 3.65. The lowest BCUT2D eigenvalue weighted by Crippen LogP contribution is -2.45. The van der Waals surface area contributed by atoms with E-state index in [9.17, 15) is 36.7 Å². The molecule has 0 saturated heterocycles. The standard InChI is InChI=1S/C20H28F4O6/c1-4-18(2,3)16(27)29-10-11-30-17(28)20(23,24)12-19(21,22)15(26)14(25)13-8-6-5-7-9-13/h13H,4-12H2,1-3H3. The van der Waals surface area contributed by atoms with Gasteiger partial charge < -0.3 is 9.47 Å². The molecule has 0 aliphatic heterocycles. The van der Waals surface area contributed by atoms with E-state index in [1.807, 2.05) is 0 Å². The summed E-state index contributed by atoms with van der Waals surface area (Å²) >= 11 is 0. The molecule has 0 radical (unpaired) electrons. The van der Waals surface area contributed by atoms with E-state index in [1.165, 1.54) is 0 Å². The highest BCUT2D eigenvalue weighted by molar-refractivity contribution is 6.40. The number of hydrogen-bond donors (Lipinski definition) is 0. The molecule has 0 atom stereocenters. The van der Waals surface area contributed by atoms with Crippen LogP contribution in [-0.2, 0) is 28.7 Å². The third-order valence-corrected chi connectivity index (χ3v) is 5.26. The van der Waals surface area contributed by atoms with Crippen molar-refractivity contribution in [1.29, 1.82) is 0 Å². The Morgan fingerprint density at radius 1 is 0.833 bits per heavy atom. The fraction of sp³-hybridized carbons (Fsp3) is 0.800. The van der Waals surface area contributed by atoms with Gasteiger partial charge in [0.1, 0.15) is 13.2 Å². The van der Waals surface area contributed by atoms with Crippen LogP contribution in [0.2, 0.25) is 0 Å². The minimum Gasteiger partial charge on any atom is -0.462 e. The lowest BCUT2D eigenvalue weighted by Gasteiger charge is -2.24. The van der Waals surface area contributed by atoms with Gasteiger partial charge in [-0.2, -0.15) is 17.6 Å². The van der Waals surface area contributed by atoms with Crippen molar-refractivity contribution in [1.82, 2.24) is 0 Å². The Hall–Kier alpha value is -2.00. The van der Waals surface area contributed by atoms with Gasteiger partial charge in [-0.25, -0.2) is 4.79 Å². The summed E-state index contributed by atoms with van der Waals surface area (Å²) in [6.07, 6.45) is 0.503. The van der Waals surface area contributed by atoms with E-state index in [4.69, 9.17) is 4.74 Å². The van der Waals surface area contributed by atoms with Crippen LogP contribution in [0.25, 0.3) is 0 Å². The van der Waals surface area contributed by atoms with Crippen molar-refractivity contribution < 1.29 is 46.2 Å². The maximum Gasteiger partial charge on any atom is 0.377 e. The normalized spacial score (nSPS) is 16.1. The summed E-state index contributed by atoms with van der Waals surface area (Å²) in [5.74, 6) is -16.8. The number of Topliss-reactive ketones (excluding diaryl/α,β-unsaturated/α-hetero) is 2. The zero-order valence-corrected chi connectivity index (χ0v) is 17.4. The van der Waals surface area contributed by atoms with Crippen molar-refractivity contribution in [3.8, 4) is 0 Å². The van der Waals surface area contributed by atoms with Crippen LogP contribution in [0.4, 0.5) is 17.6 Å². The highest BCUT2D eigenvalue weighted by atomic mass is 19.3. The SMILES string of the molecule is CCC(C)(C)C(=O)OCCOC(=O)C(F)(F)CC(F)(F)C(=O)C(=O)C1CCCCC1. The molecule has 1 rings (SSSR count). The van der Waals surface area contributed by atoms with Gasteiger partial charge in [-0.05, 0) is 33.1 Å². The first-order valence-corrected chi connectivity index (χ1v) is 9.93. The topological polar surface area (TPSA) is 86.7 Å². The van der Waals surface area contributed by atoms with E-state index < -0.39 is 66.3 Å². The molecule has 10 heteroatoms. The van der Waals surface area contributed by atoms with Gasteiger partial charge in [0.2, 0.25) is 5.78 Å². The van der Waals surface area contributed by atoms with Crippen LogP contribution in [0.5, 0.6) is 0 Å². The number of esters is 2. The molecule has 0 N–H and O–H groups in total. The largest absolute Gasteiger partial charge is 0.462 e. The van der Waals surface area contributed by atoms with Gasteiger partial charge in [-0.1, -0.05) is 26.2 Å². The number of ketones is 2. The van der Waals surface area contributed by atoms with Crippen LogP contribution < -0.4 is 0 Å². The molecule has 172 valence electrons. The Labute approximate surface area is 172 Å². The second-order valence-electron chi connectivity index (χ2n) is 8.12. The quantitative estimate of drug-likeness (QED) is 0.210. The number of hydrogen-bond acceptors (Lipinski definition) is 6. The maximum atomic E-state index is 14.0. The Bertz CT molecular complexity index is 654. The second-order valence-corrected chi connectivity index (χ2v) is 8.12. The molecule has 0 spiro atoms. The van der Waals surface area contributed by atoms with Crippen molar-refractivity contribution >= 4 is 23.5 Å². The van der Waals surface area contributed by atoms with Gasteiger partial charge in [0.05, 0.1) is 11.8 Å². The smallest absolute Gasteiger partial charge is 0.377 e. The van der Waals surface area contributed by atoms with Gasteiger partial charge in [-0.3, -0.25) is 14.4 Å². The molecule has 30 heavy (non-hydrogen) atoms. The number of rotatable bonds is 11. The molecule has 0 aromatic heterocycles. The van der Waals surface area contributed by atoms with E-state index in [-0.39, 0.29) is 12.8 Å². The van der Waals surface area contributed by atoms with Crippen molar-refractivity contribution in [3.05, 3.63) is 0 Å². The minimum absolute atomic E-state index is 0.257. The van der Waals surface area contributed by atoms with Crippen LogP contribution in [0.1, 0.15) is 65.7 Å². The molecule has 0 amide bonds. The molecule has 1 aliphatic carbocycles. The summed E-state index contributed by atoms with van der Waals surface area (Å²) < 4.78 is 64.8. The Morgan fingerprint density at radius 2 is 1.33 bits per heavy atom. The van der Waals surface area contributed by atoms with Gasteiger partial charge in [0.25, 0.3) is 5.78 Å². The molecule has 0 heterocycles. The fourth-order valence-corrected chi connectivity index (χ4v) is 2.88. The monoisotopic (exact) mass is 440 g/mol. The van der Waals surface area contributed by atoms with E-state index in [0.29, 0.717) is 19.3 Å². The molecule has 6 nitrogen and oxygen atoms in total. The number of alkyl halides is 4. The predicted molar refractivity (Wildman–Crippen MR) is 97.1 cm³/mol. The summed E-state index contributed by atoms with van der Waals surface area (Å²) in [5, 5.41) is 0. The Balaban J connectivity index is 2.58. The van der Waals surface area contributed by atoms with Crippen LogP contribution in [-0.4, -0.2) is 48.6 Å². The van der Waals surface area contributed by atoms with Crippen molar-refractivity contribution in [3.63, 3.8) is 0 Å². The molecular weight excluding hydrogens is 412 g/mol. The van der Waals surface area contributed by atoms with Gasteiger partial charge in [0, 0.05) is 5.92 Å². The number of halogens is 4. The maximum absolute atomic E-state index is 14.0. The number of ether oxygens (including phenoxy) is 2. The van der Waals surface area contributed by atoms with Crippen molar-refractivity contribution in [2.45, 2.75) is 77.6 Å². The molecule has 0 aromatic rings. The predicted octanol–water partition coefficient (Wildman–Crippen LogP) is 3.89. The van der Waals surface area contributed by atoms with E-state index in [0.717, 1.165) is 6.42 Å². The average molecular weight is 440 g/mol. The molecular formula is C20H28F4O6. The van der Waals surface area contributed by atoms with Crippen LogP contribution >= 0.6 is 0 Å². The number of carbonyl (C=O) groups excluding carboxylic acids is 4. The van der Waals surface area contributed by atoms with Gasteiger partial charge in [-0.15, -0.1) is 0 Å². The highest BCUT2D eigenvalue weighted by Crippen LogP contribution is 2.34. The summed E-state index contributed by atoms with van der Waals surface area (Å²) in [7, 11) is 0. The van der Waals surface area contributed by atoms with Crippen LogP contribution in [0.15, 0.2) is 0 Å².